The first-order valence-corrected chi connectivity index (χ1v) is 7.06. The van der Waals surface area contributed by atoms with Crippen molar-refractivity contribution in [3.63, 3.8) is 0 Å². The van der Waals surface area contributed by atoms with Crippen LogP contribution in [-0.4, -0.2) is 15.8 Å². The molecular weight excluding hydrogens is 288 g/mol. The number of nitriles is 1. The summed E-state index contributed by atoms with van der Waals surface area (Å²) in [4.78, 5) is 20.2. The van der Waals surface area contributed by atoms with E-state index in [0.29, 0.717) is 17.0 Å². The van der Waals surface area contributed by atoms with Gasteiger partial charge in [0, 0.05) is 11.8 Å². The number of rotatable bonds is 3. The number of hydrogen-bond acceptors (Lipinski definition) is 4. The second-order valence-electron chi connectivity index (χ2n) is 5.21. The van der Waals surface area contributed by atoms with Crippen molar-refractivity contribution in [2.45, 2.75) is 6.92 Å². The summed E-state index contributed by atoms with van der Waals surface area (Å²) < 4.78 is 0. The maximum atomic E-state index is 12.7. The first-order chi connectivity index (χ1) is 11.1. The van der Waals surface area contributed by atoms with Gasteiger partial charge in [0.25, 0.3) is 0 Å². The summed E-state index contributed by atoms with van der Waals surface area (Å²) >= 11 is 0. The van der Waals surface area contributed by atoms with Gasteiger partial charge in [0.15, 0.2) is 5.78 Å². The van der Waals surface area contributed by atoms with Gasteiger partial charge in [-0.1, -0.05) is 18.2 Å². The fourth-order valence-corrected chi connectivity index (χ4v) is 2.40. The van der Waals surface area contributed by atoms with E-state index < -0.39 is 0 Å². The third-order valence-corrected chi connectivity index (χ3v) is 3.56. The summed E-state index contributed by atoms with van der Waals surface area (Å²) in [6.45, 7) is 1.98. The topological polar surface area (TPSA) is 95.6 Å². The molecule has 0 saturated carbocycles. The van der Waals surface area contributed by atoms with E-state index in [9.17, 15) is 4.79 Å². The molecule has 0 aliphatic carbocycles. The zero-order valence-electron chi connectivity index (χ0n) is 12.5. The van der Waals surface area contributed by atoms with Crippen LogP contribution in [0.3, 0.4) is 0 Å². The number of carbonyl (C=O) groups is 1. The number of imidazole rings is 1. The van der Waals surface area contributed by atoms with Crippen LogP contribution in [0.1, 0.15) is 27.3 Å². The Hall–Kier alpha value is -3.39. The van der Waals surface area contributed by atoms with Crippen molar-refractivity contribution in [1.82, 2.24) is 9.97 Å². The summed E-state index contributed by atoms with van der Waals surface area (Å²) in [6, 6.07) is 14.3. The summed E-state index contributed by atoms with van der Waals surface area (Å²) in [5.74, 6) is 0.140. The number of benzene rings is 2. The Labute approximate surface area is 133 Å². The number of aromatic amines is 1. The van der Waals surface area contributed by atoms with E-state index in [0.717, 1.165) is 16.6 Å². The van der Waals surface area contributed by atoms with Crippen molar-refractivity contribution in [2.24, 2.45) is 5.73 Å². The zero-order valence-corrected chi connectivity index (χ0v) is 12.5. The number of Topliss-reactive ketones (excluding diaryl/α,β-unsaturated/α-hetero) is 1. The lowest BCUT2D eigenvalue weighted by atomic mass is 10.0. The summed E-state index contributed by atoms with van der Waals surface area (Å²) in [6.07, 6.45) is 1.24. The standard InChI is InChI=1S/C18H14N4O/c1-11-5-6-15-16(7-11)22-18(21-15)14(10-20)17(23)13-4-2-3-12(8-13)9-19/h2-8,10H,20H2,1H3,(H,21,22). The molecule has 112 valence electrons. The SMILES string of the molecule is Cc1ccc2nc(C(=CN)C(=O)c3cccc(C#N)c3)[nH]c2c1. The number of allylic oxidation sites excluding steroid dienone is 1. The molecule has 0 amide bonds. The Kier molecular flexibility index (Phi) is 3.65. The molecule has 5 nitrogen and oxygen atoms in total. The van der Waals surface area contributed by atoms with Gasteiger partial charge in [-0.3, -0.25) is 4.79 Å². The fourth-order valence-electron chi connectivity index (χ4n) is 2.40. The van der Waals surface area contributed by atoms with Crippen molar-refractivity contribution < 1.29 is 4.79 Å². The van der Waals surface area contributed by atoms with E-state index in [1.807, 2.05) is 31.2 Å². The monoisotopic (exact) mass is 302 g/mol. The minimum Gasteiger partial charge on any atom is -0.404 e. The molecule has 0 bridgehead atoms. The minimum atomic E-state index is -0.277. The van der Waals surface area contributed by atoms with E-state index in [-0.39, 0.29) is 11.4 Å². The number of ketones is 1. The molecular formula is C18H14N4O. The van der Waals surface area contributed by atoms with Crippen LogP contribution in [0.2, 0.25) is 0 Å². The molecule has 1 heterocycles. The molecule has 3 rings (SSSR count). The van der Waals surface area contributed by atoms with Crippen molar-refractivity contribution >= 4 is 22.4 Å². The number of nitrogens with one attached hydrogen (secondary N) is 1. The molecule has 0 atom stereocenters. The molecule has 0 saturated heterocycles. The molecule has 0 radical (unpaired) electrons. The van der Waals surface area contributed by atoms with Gasteiger partial charge in [-0.15, -0.1) is 0 Å². The van der Waals surface area contributed by atoms with Crippen LogP contribution in [0.4, 0.5) is 0 Å². The molecule has 5 heteroatoms. The predicted octanol–water partition coefficient (Wildman–Crippen LogP) is 2.93. The maximum Gasteiger partial charge on any atom is 0.198 e. The molecule has 23 heavy (non-hydrogen) atoms. The molecule has 3 aromatic rings. The number of nitrogens with two attached hydrogens (primary N) is 1. The summed E-state index contributed by atoms with van der Waals surface area (Å²) in [5.41, 5.74) is 9.46. The molecule has 0 unspecified atom stereocenters. The Morgan fingerprint density at radius 2 is 2.13 bits per heavy atom. The first kappa shape index (κ1) is 14.5. The van der Waals surface area contributed by atoms with Crippen LogP contribution < -0.4 is 5.73 Å². The number of fused-ring (bicyclic) bond motifs is 1. The Morgan fingerprint density at radius 1 is 1.30 bits per heavy atom. The molecule has 3 N–H and O–H groups in total. The van der Waals surface area contributed by atoms with Crippen molar-refractivity contribution in [1.29, 1.82) is 5.26 Å². The van der Waals surface area contributed by atoms with Gasteiger partial charge in [-0.2, -0.15) is 5.26 Å². The third-order valence-electron chi connectivity index (χ3n) is 3.56. The lowest BCUT2D eigenvalue weighted by Gasteiger charge is -2.03. The van der Waals surface area contributed by atoms with Crippen LogP contribution in [0.25, 0.3) is 16.6 Å². The van der Waals surface area contributed by atoms with E-state index in [1.54, 1.807) is 24.3 Å². The highest BCUT2D eigenvalue weighted by Gasteiger charge is 2.18. The average molecular weight is 302 g/mol. The Bertz CT molecular complexity index is 976. The molecule has 0 fully saturated rings. The van der Waals surface area contributed by atoms with Crippen LogP contribution >= 0.6 is 0 Å². The maximum absolute atomic E-state index is 12.7. The molecule has 0 spiro atoms. The van der Waals surface area contributed by atoms with Crippen LogP contribution in [0.5, 0.6) is 0 Å². The highest BCUT2D eigenvalue weighted by molar-refractivity contribution is 6.28. The second kappa shape index (κ2) is 5.78. The van der Waals surface area contributed by atoms with Crippen LogP contribution in [0.15, 0.2) is 48.7 Å². The van der Waals surface area contributed by atoms with Gasteiger partial charge in [0.2, 0.25) is 0 Å². The van der Waals surface area contributed by atoms with Crippen molar-refractivity contribution in [2.75, 3.05) is 0 Å². The number of H-pyrrole nitrogens is 1. The summed E-state index contributed by atoms with van der Waals surface area (Å²) in [5, 5.41) is 8.96. The average Bonchev–Trinajstić information content (AvgIpc) is 2.98. The normalized spacial score (nSPS) is 11.4. The van der Waals surface area contributed by atoms with Crippen LogP contribution in [-0.2, 0) is 0 Å². The van der Waals surface area contributed by atoms with Crippen molar-refractivity contribution in [3.8, 4) is 6.07 Å². The van der Waals surface area contributed by atoms with E-state index in [4.69, 9.17) is 11.0 Å². The first-order valence-electron chi connectivity index (χ1n) is 7.06. The number of nitrogens with zero attached hydrogens (tertiary/aromatic N) is 2. The zero-order chi connectivity index (χ0) is 16.4. The van der Waals surface area contributed by atoms with E-state index in [2.05, 4.69) is 9.97 Å². The lowest BCUT2D eigenvalue weighted by Crippen LogP contribution is -2.06. The molecule has 2 aromatic carbocycles. The van der Waals surface area contributed by atoms with E-state index >= 15 is 0 Å². The van der Waals surface area contributed by atoms with E-state index in [1.165, 1.54) is 6.20 Å². The lowest BCUT2D eigenvalue weighted by molar-refractivity contribution is 0.105. The predicted molar refractivity (Wildman–Crippen MR) is 88.5 cm³/mol. The molecule has 0 aliphatic heterocycles. The largest absolute Gasteiger partial charge is 0.404 e. The Balaban J connectivity index is 2.04. The number of hydrogen-bond donors (Lipinski definition) is 2. The molecule has 0 aliphatic rings. The second-order valence-corrected chi connectivity index (χ2v) is 5.21. The number of carbonyl (C=O) groups excluding carboxylic acids is 1. The third kappa shape index (κ3) is 2.70. The quantitative estimate of drug-likeness (QED) is 0.574. The highest BCUT2D eigenvalue weighted by Crippen LogP contribution is 2.21. The van der Waals surface area contributed by atoms with Gasteiger partial charge < -0.3 is 10.7 Å². The highest BCUT2D eigenvalue weighted by atomic mass is 16.1. The van der Waals surface area contributed by atoms with Crippen LogP contribution in [0, 0.1) is 18.3 Å². The molecule has 1 aromatic heterocycles. The van der Waals surface area contributed by atoms with Gasteiger partial charge in [0.1, 0.15) is 5.82 Å². The number of aryl methyl sites for hydroxylation is 1. The summed E-state index contributed by atoms with van der Waals surface area (Å²) in [7, 11) is 0. The van der Waals surface area contributed by atoms with Crippen molar-refractivity contribution in [3.05, 3.63) is 71.2 Å². The van der Waals surface area contributed by atoms with Gasteiger partial charge >= 0.3 is 0 Å². The minimum absolute atomic E-state index is 0.272. The van der Waals surface area contributed by atoms with Gasteiger partial charge in [0.05, 0.1) is 28.2 Å². The smallest absolute Gasteiger partial charge is 0.198 e. The van der Waals surface area contributed by atoms with Gasteiger partial charge in [-0.25, -0.2) is 4.98 Å². The number of aromatic nitrogens is 2. The fraction of sp³-hybridized carbons (Fsp3) is 0.0556. The Morgan fingerprint density at radius 3 is 2.87 bits per heavy atom. The van der Waals surface area contributed by atoms with Gasteiger partial charge in [-0.05, 0) is 36.8 Å².